The van der Waals surface area contributed by atoms with Gasteiger partial charge in [0.15, 0.2) is 0 Å². The molecule has 142 valence electrons. The summed E-state index contributed by atoms with van der Waals surface area (Å²) in [4.78, 5) is 4.75. The van der Waals surface area contributed by atoms with E-state index in [0.717, 1.165) is 33.9 Å². The molecule has 0 radical (unpaired) electrons. The van der Waals surface area contributed by atoms with E-state index in [2.05, 4.69) is 10.6 Å². The van der Waals surface area contributed by atoms with Crippen LogP contribution in [0.5, 0.6) is 11.5 Å². The van der Waals surface area contributed by atoms with Gasteiger partial charge in [-0.25, -0.2) is 4.98 Å². The Balaban J connectivity index is 1.63. The summed E-state index contributed by atoms with van der Waals surface area (Å²) >= 11 is 12.2. The normalized spacial score (nSPS) is 11.0. The lowest BCUT2D eigenvalue weighted by Gasteiger charge is -2.11. The minimum atomic E-state index is 0.350. The fourth-order valence-electron chi connectivity index (χ4n) is 3.05. The summed E-state index contributed by atoms with van der Waals surface area (Å²) in [6.45, 7) is 0.973. The molecular weight excluding hydrogens is 395 g/mol. The molecule has 6 heteroatoms. The molecule has 0 amide bonds. The van der Waals surface area contributed by atoms with Crippen LogP contribution in [0.3, 0.4) is 0 Å². The predicted molar refractivity (Wildman–Crippen MR) is 113 cm³/mol. The van der Waals surface area contributed by atoms with E-state index in [1.165, 1.54) is 0 Å². The van der Waals surface area contributed by atoms with Crippen molar-refractivity contribution in [3.63, 3.8) is 0 Å². The van der Waals surface area contributed by atoms with Gasteiger partial charge < -0.3 is 14.0 Å². The summed E-state index contributed by atoms with van der Waals surface area (Å²) in [5.41, 5.74) is 3.01. The van der Waals surface area contributed by atoms with Crippen LogP contribution in [0.4, 0.5) is 0 Å². The van der Waals surface area contributed by atoms with E-state index >= 15 is 0 Å². The van der Waals surface area contributed by atoms with Gasteiger partial charge in [-0.15, -0.1) is 0 Å². The van der Waals surface area contributed by atoms with Crippen molar-refractivity contribution in [3.8, 4) is 11.5 Å². The lowest BCUT2D eigenvalue weighted by atomic mass is 10.2. The molecule has 4 nitrogen and oxygen atoms in total. The average Bonchev–Trinajstić information content (AvgIpc) is 3.07. The van der Waals surface area contributed by atoms with Gasteiger partial charge in [0.2, 0.25) is 0 Å². The smallest absolute Gasteiger partial charge is 0.148 e. The highest BCUT2D eigenvalue weighted by molar-refractivity contribution is 6.42. The number of nitrogens with zero attached hydrogens (tertiary/aromatic N) is 2. The molecule has 0 N–H and O–H groups in total. The van der Waals surface area contributed by atoms with Crippen LogP contribution in [0, 0.1) is 0 Å². The molecule has 28 heavy (non-hydrogen) atoms. The average molecular weight is 413 g/mol. The molecule has 0 bridgehead atoms. The maximum Gasteiger partial charge on any atom is 0.148 e. The number of para-hydroxylation sites is 2. The van der Waals surface area contributed by atoms with Crippen LogP contribution in [-0.4, -0.2) is 16.7 Å². The van der Waals surface area contributed by atoms with Gasteiger partial charge >= 0.3 is 0 Å². The maximum atomic E-state index is 6.19. The molecule has 0 aliphatic carbocycles. The monoisotopic (exact) mass is 412 g/mol. The van der Waals surface area contributed by atoms with Crippen molar-refractivity contribution < 1.29 is 9.47 Å². The van der Waals surface area contributed by atoms with Gasteiger partial charge in [-0.05, 0) is 54.1 Å². The van der Waals surface area contributed by atoms with Crippen LogP contribution < -0.4 is 9.47 Å². The van der Waals surface area contributed by atoms with E-state index in [1.54, 1.807) is 7.11 Å². The highest BCUT2D eigenvalue weighted by Crippen LogP contribution is 2.25. The number of methoxy groups -OCH3 is 1. The molecule has 3 aromatic carbocycles. The molecule has 1 aromatic heterocycles. The number of imidazole rings is 1. The number of hydrogen-bond donors (Lipinski definition) is 0. The van der Waals surface area contributed by atoms with E-state index in [0.29, 0.717) is 23.2 Å². The second-order valence-electron chi connectivity index (χ2n) is 6.32. The van der Waals surface area contributed by atoms with Crippen LogP contribution in [-0.2, 0) is 13.2 Å². The number of ether oxygens (including phenoxy) is 2. The largest absolute Gasteiger partial charge is 0.497 e. The van der Waals surface area contributed by atoms with Crippen LogP contribution >= 0.6 is 23.2 Å². The first-order valence-electron chi connectivity index (χ1n) is 8.79. The summed E-state index contributed by atoms with van der Waals surface area (Å²) in [5, 5.41) is 1.09. The van der Waals surface area contributed by atoms with Gasteiger partial charge in [0.1, 0.15) is 23.9 Å². The molecule has 0 saturated heterocycles. The third-order valence-corrected chi connectivity index (χ3v) is 5.22. The van der Waals surface area contributed by atoms with E-state index in [-0.39, 0.29) is 0 Å². The first-order valence-corrected chi connectivity index (χ1v) is 9.54. The molecule has 0 aliphatic heterocycles. The van der Waals surface area contributed by atoms with Gasteiger partial charge in [-0.1, -0.05) is 41.4 Å². The highest BCUT2D eigenvalue weighted by Gasteiger charge is 2.12. The first-order chi connectivity index (χ1) is 13.6. The highest BCUT2D eigenvalue weighted by atomic mass is 35.5. The molecule has 0 saturated carbocycles. The quantitative estimate of drug-likeness (QED) is 0.390. The zero-order chi connectivity index (χ0) is 19.5. The maximum absolute atomic E-state index is 6.19. The summed E-state index contributed by atoms with van der Waals surface area (Å²) in [7, 11) is 1.64. The first kappa shape index (κ1) is 18.7. The van der Waals surface area contributed by atoms with E-state index in [9.17, 15) is 0 Å². The molecular formula is C22H18Cl2N2O2. The van der Waals surface area contributed by atoms with Crippen molar-refractivity contribution >= 4 is 34.2 Å². The van der Waals surface area contributed by atoms with Gasteiger partial charge in [0.05, 0.1) is 28.2 Å². The number of fused-ring (bicyclic) bond motifs is 1. The van der Waals surface area contributed by atoms with Crippen molar-refractivity contribution in [1.82, 2.24) is 9.55 Å². The fraction of sp³-hybridized carbons (Fsp3) is 0.136. The predicted octanol–water partition coefficient (Wildman–Crippen LogP) is 5.98. The Morgan fingerprint density at radius 3 is 2.39 bits per heavy atom. The Hall–Kier alpha value is -2.69. The SMILES string of the molecule is COc1ccc(OCc2nc3ccccc3n2Cc2ccc(Cl)c(Cl)c2)cc1. The summed E-state index contributed by atoms with van der Waals surface area (Å²) in [6, 6.07) is 21.2. The number of halogens is 2. The Morgan fingerprint density at radius 1 is 0.893 bits per heavy atom. The van der Waals surface area contributed by atoms with Gasteiger partial charge in [0.25, 0.3) is 0 Å². The van der Waals surface area contributed by atoms with Crippen molar-refractivity contribution in [3.05, 3.63) is 88.2 Å². The number of aromatic nitrogens is 2. The lowest BCUT2D eigenvalue weighted by molar-refractivity contribution is 0.290. The molecule has 4 aromatic rings. The zero-order valence-corrected chi connectivity index (χ0v) is 16.7. The fourth-order valence-corrected chi connectivity index (χ4v) is 3.37. The Labute approximate surface area is 173 Å². The third kappa shape index (κ3) is 3.93. The van der Waals surface area contributed by atoms with Gasteiger partial charge in [-0.3, -0.25) is 0 Å². The van der Waals surface area contributed by atoms with E-state index < -0.39 is 0 Å². The second-order valence-corrected chi connectivity index (χ2v) is 7.13. The standard InChI is InChI=1S/C22H18Cl2N2O2/c1-27-16-7-9-17(10-8-16)28-14-22-25-20-4-2-3-5-21(20)26(22)13-15-6-11-18(23)19(24)12-15/h2-12H,13-14H2,1H3. The molecule has 1 heterocycles. The van der Waals surface area contributed by atoms with E-state index in [1.807, 2.05) is 60.7 Å². The number of benzene rings is 3. The van der Waals surface area contributed by atoms with Gasteiger partial charge in [0, 0.05) is 6.54 Å². The molecule has 0 fully saturated rings. The van der Waals surface area contributed by atoms with Gasteiger partial charge in [-0.2, -0.15) is 0 Å². The van der Waals surface area contributed by atoms with Crippen LogP contribution in [0.2, 0.25) is 10.0 Å². The van der Waals surface area contributed by atoms with E-state index in [4.69, 9.17) is 37.7 Å². The van der Waals surface area contributed by atoms with Crippen molar-refractivity contribution in [2.75, 3.05) is 7.11 Å². The minimum Gasteiger partial charge on any atom is -0.497 e. The van der Waals surface area contributed by atoms with Crippen LogP contribution in [0.25, 0.3) is 11.0 Å². The summed E-state index contributed by atoms with van der Waals surface area (Å²) in [6.07, 6.45) is 0. The third-order valence-electron chi connectivity index (χ3n) is 4.49. The Morgan fingerprint density at radius 2 is 1.64 bits per heavy atom. The van der Waals surface area contributed by atoms with Crippen LogP contribution in [0.15, 0.2) is 66.7 Å². The molecule has 0 spiro atoms. The second kappa shape index (κ2) is 8.13. The summed E-state index contributed by atoms with van der Waals surface area (Å²) < 4.78 is 13.3. The van der Waals surface area contributed by atoms with Crippen molar-refractivity contribution in [2.24, 2.45) is 0 Å². The number of rotatable bonds is 6. The zero-order valence-electron chi connectivity index (χ0n) is 15.2. The Bertz CT molecular complexity index is 1110. The topological polar surface area (TPSA) is 36.3 Å². The molecule has 0 unspecified atom stereocenters. The van der Waals surface area contributed by atoms with Crippen molar-refractivity contribution in [2.45, 2.75) is 13.2 Å². The molecule has 0 aliphatic rings. The number of hydrogen-bond acceptors (Lipinski definition) is 3. The molecule has 4 rings (SSSR count). The minimum absolute atomic E-state index is 0.350. The van der Waals surface area contributed by atoms with Crippen LogP contribution in [0.1, 0.15) is 11.4 Å². The van der Waals surface area contributed by atoms with Crippen molar-refractivity contribution in [1.29, 1.82) is 0 Å². The molecule has 0 atom stereocenters. The Kier molecular flexibility index (Phi) is 5.42. The summed E-state index contributed by atoms with van der Waals surface area (Å²) in [5.74, 6) is 2.39. The lowest BCUT2D eigenvalue weighted by Crippen LogP contribution is -2.08.